The van der Waals surface area contributed by atoms with Crippen LogP contribution in [0.3, 0.4) is 0 Å². The standard InChI is InChI=1S/C15H20N2O3S/c1-17(8-5-9-19-2)15(18)14-13(16)12-10(20-3)6-4-7-11(12)21-14/h4,6-7H,5,8-9,16H2,1-3H3. The fraction of sp³-hybridized carbons (Fsp3) is 0.400. The largest absolute Gasteiger partial charge is 0.496 e. The molecule has 2 aromatic rings. The van der Waals surface area contributed by atoms with E-state index in [1.54, 1.807) is 26.2 Å². The normalized spacial score (nSPS) is 10.8. The Morgan fingerprint density at radius 1 is 1.38 bits per heavy atom. The highest BCUT2D eigenvalue weighted by atomic mass is 32.1. The van der Waals surface area contributed by atoms with Crippen LogP contribution in [-0.2, 0) is 4.74 Å². The van der Waals surface area contributed by atoms with Gasteiger partial charge in [0.2, 0.25) is 0 Å². The lowest BCUT2D eigenvalue weighted by atomic mass is 10.2. The highest BCUT2D eigenvalue weighted by Gasteiger charge is 2.21. The molecule has 0 spiro atoms. The number of hydrogen-bond acceptors (Lipinski definition) is 5. The van der Waals surface area contributed by atoms with E-state index in [1.807, 2.05) is 18.2 Å². The van der Waals surface area contributed by atoms with Crippen LogP contribution >= 0.6 is 11.3 Å². The topological polar surface area (TPSA) is 64.8 Å². The third-order valence-corrected chi connectivity index (χ3v) is 4.48. The van der Waals surface area contributed by atoms with Gasteiger partial charge in [0.25, 0.3) is 5.91 Å². The monoisotopic (exact) mass is 308 g/mol. The Kier molecular flexibility index (Phi) is 5.03. The van der Waals surface area contributed by atoms with E-state index in [-0.39, 0.29) is 5.91 Å². The van der Waals surface area contributed by atoms with Gasteiger partial charge in [-0.2, -0.15) is 0 Å². The SMILES string of the molecule is COCCCN(C)C(=O)c1sc2cccc(OC)c2c1N. The molecule has 5 nitrogen and oxygen atoms in total. The van der Waals surface area contributed by atoms with Gasteiger partial charge >= 0.3 is 0 Å². The number of rotatable bonds is 6. The number of nitrogen functional groups attached to an aromatic ring is 1. The molecule has 0 aliphatic carbocycles. The van der Waals surface area contributed by atoms with Crippen LogP contribution in [0.2, 0.25) is 0 Å². The zero-order valence-corrected chi connectivity index (χ0v) is 13.3. The van der Waals surface area contributed by atoms with Crippen molar-refractivity contribution in [2.75, 3.05) is 40.2 Å². The second kappa shape index (κ2) is 6.78. The van der Waals surface area contributed by atoms with E-state index in [4.69, 9.17) is 15.2 Å². The van der Waals surface area contributed by atoms with Gasteiger partial charge in [-0.05, 0) is 18.6 Å². The van der Waals surface area contributed by atoms with Crippen molar-refractivity contribution >= 4 is 33.0 Å². The van der Waals surface area contributed by atoms with Gasteiger partial charge in [-0.3, -0.25) is 4.79 Å². The summed E-state index contributed by atoms with van der Waals surface area (Å²) in [5, 5.41) is 0.818. The van der Waals surface area contributed by atoms with Gasteiger partial charge in [0.15, 0.2) is 0 Å². The lowest BCUT2D eigenvalue weighted by molar-refractivity contribution is 0.0785. The molecule has 6 heteroatoms. The van der Waals surface area contributed by atoms with Crippen LogP contribution < -0.4 is 10.5 Å². The lowest BCUT2D eigenvalue weighted by Crippen LogP contribution is -2.28. The van der Waals surface area contributed by atoms with Crippen molar-refractivity contribution in [2.45, 2.75) is 6.42 Å². The number of nitrogens with two attached hydrogens (primary N) is 1. The number of carbonyl (C=O) groups is 1. The molecule has 0 saturated heterocycles. The number of benzene rings is 1. The predicted octanol–water partition coefficient (Wildman–Crippen LogP) is 2.60. The summed E-state index contributed by atoms with van der Waals surface area (Å²) in [7, 11) is 5.03. The van der Waals surface area contributed by atoms with Crippen LogP contribution in [0.1, 0.15) is 16.1 Å². The third-order valence-electron chi connectivity index (χ3n) is 3.32. The first-order valence-corrected chi connectivity index (χ1v) is 7.51. The number of nitrogens with zero attached hydrogens (tertiary/aromatic N) is 1. The summed E-state index contributed by atoms with van der Waals surface area (Å²) in [5.74, 6) is 0.634. The van der Waals surface area contributed by atoms with Crippen LogP contribution in [-0.4, -0.2) is 45.2 Å². The van der Waals surface area contributed by atoms with Gasteiger partial charge in [-0.25, -0.2) is 0 Å². The summed E-state index contributed by atoms with van der Waals surface area (Å²) in [6, 6.07) is 5.69. The third kappa shape index (κ3) is 3.11. The fourth-order valence-electron chi connectivity index (χ4n) is 2.19. The van der Waals surface area contributed by atoms with Gasteiger partial charge in [0.05, 0.1) is 18.2 Å². The van der Waals surface area contributed by atoms with Crippen molar-refractivity contribution in [3.63, 3.8) is 0 Å². The Morgan fingerprint density at radius 3 is 2.81 bits per heavy atom. The summed E-state index contributed by atoms with van der Waals surface area (Å²) in [6.45, 7) is 1.27. The molecule has 21 heavy (non-hydrogen) atoms. The van der Waals surface area contributed by atoms with Gasteiger partial charge in [0, 0.05) is 32.0 Å². The first-order valence-electron chi connectivity index (χ1n) is 6.69. The molecule has 1 heterocycles. The van der Waals surface area contributed by atoms with Crippen LogP contribution in [0.15, 0.2) is 18.2 Å². The molecule has 0 aliphatic heterocycles. The number of ether oxygens (including phenoxy) is 2. The van der Waals surface area contributed by atoms with Crippen molar-refractivity contribution < 1.29 is 14.3 Å². The zero-order chi connectivity index (χ0) is 15.4. The quantitative estimate of drug-likeness (QED) is 0.833. The molecule has 0 aliphatic rings. The predicted molar refractivity (Wildman–Crippen MR) is 86.2 cm³/mol. The number of carbonyl (C=O) groups excluding carboxylic acids is 1. The van der Waals surface area contributed by atoms with Crippen molar-refractivity contribution in [2.24, 2.45) is 0 Å². The van der Waals surface area contributed by atoms with Crippen LogP contribution in [0.5, 0.6) is 5.75 Å². The van der Waals surface area contributed by atoms with E-state index < -0.39 is 0 Å². The van der Waals surface area contributed by atoms with Crippen LogP contribution in [0, 0.1) is 0 Å². The maximum absolute atomic E-state index is 12.5. The molecule has 2 N–H and O–H groups in total. The van der Waals surface area contributed by atoms with Gasteiger partial charge in [0.1, 0.15) is 10.6 Å². The van der Waals surface area contributed by atoms with E-state index in [2.05, 4.69) is 0 Å². The van der Waals surface area contributed by atoms with Gasteiger partial charge in [-0.15, -0.1) is 11.3 Å². The molecule has 0 saturated carbocycles. The summed E-state index contributed by atoms with van der Waals surface area (Å²) in [6.07, 6.45) is 0.798. The minimum atomic E-state index is -0.0631. The number of anilines is 1. The summed E-state index contributed by atoms with van der Waals surface area (Å²) in [5.41, 5.74) is 6.66. The molecule has 0 fully saturated rings. The van der Waals surface area contributed by atoms with E-state index in [9.17, 15) is 4.79 Å². The molecule has 2 rings (SSSR count). The van der Waals surface area contributed by atoms with E-state index in [1.165, 1.54) is 11.3 Å². The van der Waals surface area contributed by atoms with Crippen LogP contribution in [0.4, 0.5) is 5.69 Å². The zero-order valence-electron chi connectivity index (χ0n) is 12.5. The number of amides is 1. The second-order valence-corrected chi connectivity index (χ2v) is 5.80. The molecule has 1 aromatic heterocycles. The number of thiophene rings is 1. The summed E-state index contributed by atoms with van der Waals surface area (Å²) in [4.78, 5) is 14.7. The average Bonchev–Trinajstić information content (AvgIpc) is 2.84. The lowest BCUT2D eigenvalue weighted by Gasteiger charge is -2.16. The molecule has 1 aromatic carbocycles. The first-order chi connectivity index (χ1) is 10.1. The van der Waals surface area contributed by atoms with Gasteiger partial charge in [-0.1, -0.05) is 6.07 Å². The molecule has 0 unspecified atom stereocenters. The Bertz CT molecular complexity index is 639. The number of hydrogen-bond donors (Lipinski definition) is 1. The van der Waals surface area contributed by atoms with Crippen molar-refractivity contribution in [3.8, 4) is 5.75 Å². The maximum Gasteiger partial charge on any atom is 0.265 e. The smallest absolute Gasteiger partial charge is 0.265 e. The van der Waals surface area contributed by atoms with Crippen LogP contribution in [0.25, 0.3) is 10.1 Å². The Labute approximate surface area is 128 Å². The van der Waals surface area contributed by atoms with E-state index in [0.29, 0.717) is 29.5 Å². The highest BCUT2D eigenvalue weighted by Crippen LogP contribution is 2.39. The molecule has 114 valence electrons. The molecular weight excluding hydrogens is 288 g/mol. The molecule has 0 radical (unpaired) electrons. The minimum absolute atomic E-state index is 0.0631. The van der Waals surface area contributed by atoms with Gasteiger partial charge < -0.3 is 20.1 Å². The highest BCUT2D eigenvalue weighted by molar-refractivity contribution is 7.21. The summed E-state index contributed by atoms with van der Waals surface area (Å²) < 4.78 is 11.3. The Hall–Kier alpha value is -1.79. The molecular formula is C15H20N2O3S. The minimum Gasteiger partial charge on any atom is -0.496 e. The van der Waals surface area contributed by atoms with Crippen molar-refractivity contribution in [3.05, 3.63) is 23.1 Å². The van der Waals surface area contributed by atoms with Crippen molar-refractivity contribution in [1.29, 1.82) is 0 Å². The average molecular weight is 308 g/mol. The Morgan fingerprint density at radius 2 is 2.14 bits per heavy atom. The molecule has 0 atom stereocenters. The first kappa shape index (κ1) is 15.6. The fourth-order valence-corrected chi connectivity index (χ4v) is 3.32. The second-order valence-electron chi connectivity index (χ2n) is 4.75. The molecule has 1 amide bonds. The number of methoxy groups -OCH3 is 2. The maximum atomic E-state index is 12.5. The van der Waals surface area contributed by atoms with Crippen molar-refractivity contribution in [1.82, 2.24) is 4.90 Å². The van der Waals surface area contributed by atoms with E-state index >= 15 is 0 Å². The number of fused-ring (bicyclic) bond motifs is 1. The Balaban J connectivity index is 2.30. The van der Waals surface area contributed by atoms with E-state index in [0.717, 1.165) is 16.5 Å². The summed E-state index contributed by atoms with van der Waals surface area (Å²) >= 11 is 1.40. The molecule has 0 bridgehead atoms.